The van der Waals surface area contributed by atoms with Gasteiger partial charge in [0.2, 0.25) is 0 Å². The number of rotatable bonds is 8. The van der Waals surface area contributed by atoms with E-state index in [9.17, 15) is 9.18 Å². The molecule has 4 aromatic rings. The lowest BCUT2D eigenvalue weighted by molar-refractivity contribution is 0.531. The minimum Gasteiger partial charge on any atom is -0.382 e. The highest BCUT2D eigenvalue weighted by Crippen LogP contribution is 2.26. The van der Waals surface area contributed by atoms with Crippen LogP contribution in [0.25, 0.3) is 22.6 Å². The molecule has 10 heteroatoms. The third-order valence-electron chi connectivity index (χ3n) is 5.07. The van der Waals surface area contributed by atoms with Crippen LogP contribution < -0.4 is 11.3 Å². The highest BCUT2D eigenvalue weighted by atomic mass is 19.1. The van der Waals surface area contributed by atoms with Gasteiger partial charge < -0.3 is 10.7 Å². The maximum absolute atomic E-state index is 13.0. The fourth-order valence-corrected chi connectivity index (χ4v) is 3.32. The third kappa shape index (κ3) is 4.84. The van der Waals surface area contributed by atoms with Gasteiger partial charge in [0.05, 0.1) is 11.1 Å². The number of allylic oxidation sites excluding steroid dienone is 2. The summed E-state index contributed by atoms with van der Waals surface area (Å²) in [7, 11) is 0. The number of aryl methyl sites for hydroxylation is 1. The predicted octanol–water partition coefficient (Wildman–Crippen LogP) is 4.88. The number of fused-ring (bicyclic) bond motifs is 1. The molecule has 3 N–H and O–H groups in total. The fourth-order valence-electron chi connectivity index (χ4n) is 3.32. The zero-order valence-electron chi connectivity index (χ0n) is 18.1. The minimum absolute atomic E-state index is 0.0570. The molecule has 0 aliphatic carbocycles. The van der Waals surface area contributed by atoms with Gasteiger partial charge in [0, 0.05) is 12.7 Å². The lowest BCUT2D eigenvalue weighted by Crippen LogP contribution is -2.12. The van der Waals surface area contributed by atoms with Crippen LogP contribution in [0, 0.1) is 0 Å². The van der Waals surface area contributed by atoms with E-state index >= 15 is 0 Å². The van der Waals surface area contributed by atoms with Gasteiger partial charge in [0.25, 0.3) is 5.56 Å². The zero-order chi connectivity index (χ0) is 23.2. The van der Waals surface area contributed by atoms with Crippen molar-refractivity contribution in [3.05, 3.63) is 70.7 Å². The van der Waals surface area contributed by atoms with E-state index in [0.717, 1.165) is 5.57 Å². The molecular weight excluding hydrogens is 423 g/mol. The van der Waals surface area contributed by atoms with Crippen LogP contribution in [0.3, 0.4) is 0 Å². The molecule has 3 heterocycles. The Morgan fingerprint density at radius 1 is 1.21 bits per heavy atom. The van der Waals surface area contributed by atoms with Crippen LogP contribution in [-0.4, -0.2) is 31.4 Å². The fraction of sp³-hybridized carbons (Fsp3) is 0.217. The molecule has 0 aliphatic heterocycles. The van der Waals surface area contributed by atoms with E-state index in [2.05, 4.69) is 30.3 Å². The SMILES string of the molecule is CC/C(=C/CCn1nc(-c2nc(N)c(N=Nc3ccccc3)c(=O)[nH]2)c2cccnc21)CF. The molecule has 168 valence electrons. The van der Waals surface area contributed by atoms with Gasteiger partial charge in [-0.3, -0.25) is 4.79 Å². The quantitative estimate of drug-likeness (QED) is 0.295. The van der Waals surface area contributed by atoms with Gasteiger partial charge >= 0.3 is 0 Å². The first-order valence-electron chi connectivity index (χ1n) is 10.5. The zero-order valence-corrected chi connectivity index (χ0v) is 18.1. The second kappa shape index (κ2) is 9.94. The first-order valence-corrected chi connectivity index (χ1v) is 10.5. The van der Waals surface area contributed by atoms with Gasteiger partial charge in [-0.2, -0.15) is 10.2 Å². The molecule has 0 amide bonds. The summed E-state index contributed by atoms with van der Waals surface area (Å²) in [6.45, 7) is 1.96. The van der Waals surface area contributed by atoms with E-state index in [1.54, 1.807) is 29.1 Å². The molecule has 0 bridgehead atoms. The van der Waals surface area contributed by atoms with Crippen LogP contribution in [0.5, 0.6) is 0 Å². The average molecular weight is 446 g/mol. The maximum atomic E-state index is 13.0. The van der Waals surface area contributed by atoms with Crippen molar-refractivity contribution in [1.82, 2.24) is 24.7 Å². The van der Waals surface area contributed by atoms with Crippen molar-refractivity contribution in [3.8, 4) is 11.5 Å². The number of aromatic amines is 1. The normalized spacial score (nSPS) is 12.1. The van der Waals surface area contributed by atoms with E-state index < -0.39 is 12.2 Å². The minimum atomic E-state index is -0.526. The molecule has 0 fully saturated rings. The Morgan fingerprint density at radius 3 is 2.76 bits per heavy atom. The number of H-pyrrole nitrogens is 1. The summed E-state index contributed by atoms with van der Waals surface area (Å²) in [5.41, 5.74) is 7.85. The lowest BCUT2D eigenvalue weighted by atomic mass is 10.2. The largest absolute Gasteiger partial charge is 0.382 e. The number of hydrogen-bond acceptors (Lipinski definition) is 7. The Kier molecular flexibility index (Phi) is 6.63. The first kappa shape index (κ1) is 22.0. The molecule has 3 aromatic heterocycles. The van der Waals surface area contributed by atoms with Crippen LogP contribution in [-0.2, 0) is 6.54 Å². The Bertz CT molecular complexity index is 1370. The van der Waals surface area contributed by atoms with E-state index in [0.29, 0.717) is 41.8 Å². The number of nitrogens with two attached hydrogens (primary N) is 1. The van der Waals surface area contributed by atoms with E-state index in [-0.39, 0.29) is 17.3 Å². The van der Waals surface area contributed by atoms with Crippen molar-refractivity contribution in [2.75, 3.05) is 12.4 Å². The number of nitrogen functional groups attached to an aromatic ring is 1. The van der Waals surface area contributed by atoms with Crippen molar-refractivity contribution < 1.29 is 4.39 Å². The molecule has 4 rings (SSSR count). The molecule has 0 saturated heterocycles. The van der Waals surface area contributed by atoms with Gasteiger partial charge in [0.1, 0.15) is 12.4 Å². The van der Waals surface area contributed by atoms with Crippen LogP contribution in [0.2, 0.25) is 0 Å². The highest BCUT2D eigenvalue weighted by molar-refractivity contribution is 5.89. The number of benzene rings is 1. The summed E-state index contributed by atoms with van der Waals surface area (Å²) in [6.07, 6.45) is 4.81. The number of azo groups is 1. The lowest BCUT2D eigenvalue weighted by Gasteiger charge is -2.02. The number of nitrogens with one attached hydrogen (secondary N) is 1. The van der Waals surface area contributed by atoms with Crippen LogP contribution in [0.15, 0.2) is 75.3 Å². The maximum Gasteiger partial charge on any atom is 0.281 e. The van der Waals surface area contributed by atoms with Crippen molar-refractivity contribution in [3.63, 3.8) is 0 Å². The third-order valence-corrected chi connectivity index (χ3v) is 5.07. The average Bonchev–Trinajstić information content (AvgIpc) is 3.20. The number of nitrogens with zero attached hydrogens (tertiary/aromatic N) is 6. The Morgan fingerprint density at radius 2 is 2.03 bits per heavy atom. The van der Waals surface area contributed by atoms with Gasteiger partial charge in [-0.15, -0.1) is 5.11 Å². The van der Waals surface area contributed by atoms with E-state index in [4.69, 9.17) is 5.73 Å². The number of anilines is 1. The van der Waals surface area contributed by atoms with Crippen LogP contribution in [0.4, 0.5) is 21.6 Å². The molecule has 1 aromatic carbocycles. The first-order chi connectivity index (χ1) is 16.1. The molecule has 33 heavy (non-hydrogen) atoms. The van der Waals surface area contributed by atoms with Crippen molar-refractivity contribution in [1.29, 1.82) is 0 Å². The van der Waals surface area contributed by atoms with Gasteiger partial charge in [0.15, 0.2) is 23.0 Å². The number of aromatic nitrogens is 5. The molecule has 0 radical (unpaired) electrons. The summed E-state index contributed by atoms with van der Waals surface area (Å²) in [5.74, 6) is 0.153. The smallest absolute Gasteiger partial charge is 0.281 e. The van der Waals surface area contributed by atoms with Crippen molar-refractivity contribution >= 4 is 28.2 Å². The Hall–Kier alpha value is -4.21. The summed E-state index contributed by atoms with van der Waals surface area (Å²) < 4.78 is 14.7. The monoisotopic (exact) mass is 446 g/mol. The molecule has 9 nitrogen and oxygen atoms in total. The molecule has 0 atom stereocenters. The number of alkyl halides is 1. The summed E-state index contributed by atoms with van der Waals surface area (Å²) >= 11 is 0. The molecule has 0 saturated carbocycles. The molecule has 0 aliphatic rings. The molecule has 0 unspecified atom stereocenters. The van der Waals surface area contributed by atoms with Crippen LogP contribution >= 0.6 is 0 Å². The van der Waals surface area contributed by atoms with Gasteiger partial charge in [-0.05, 0) is 42.7 Å². The Balaban J connectivity index is 1.68. The standard InChI is InChI=1S/C23H23FN8O/c1-2-15(14-24)8-7-13-32-22-17(11-6-12-26-22)18(31-32)21-27-20(25)19(23(33)28-21)30-29-16-9-4-3-5-10-16/h3-6,8-12H,2,7,13-14H2,1H3,(H3,25,27,28,33)/b15-8-,30-29?. The predicted molar refractivity (Wildman–Crippen MR) is 125 cm³/mol. The van der Waals surface area contributed by atoms with Crippen molar-refractivity contribution in [2.45, 2.75) is 26.3 Å². The number of pyridine rings is 1. The molecule has 0 spiro atoms. The van der Waals surface area contributed by atoms with Crippen LogP contribution in [0.1, 0.15) is 19.8 Å². The summed E-state index contributed by atoms with van der Waals surface area (Å²) in [4.78, 5) is 24.1. The number of hydrogen-bond donors (Lipinski definition) is 2. The van der Waals surface area contributed by atoms with E-state index in [1.165, 1.54) is 0 Å². The Labute approximate surface area is 188 Å². The highest BCUT2D eigenvalue weighted by Gasteiger charge is 2.17. The second-order valence-electron chi connectivity index (χ2n) is 7.27. The van der Waals surface area contributed by atoms with E-state index in [1.807, 2.05) is 37.3 Å². The number of halogens is 1. The van der Waals surface area contributed by atoms with Gasteiger partial charge in [-0.1, -0.05) is 31.2 Å². The second-order valence-corrected chi connectivity index (χ2v) is 7.27. The topological polar surface area (TPSA) is 127 Å². The van der Waals surface area contributed by atoms with Gasteiger partial charge in [-0.25, -0.2) is 19.0 Å². The molecular formula is C23H23FN8O. The van der Waals surface area contributed by atoms with Crippen molar-refractivity contribution in [2.24, 2.45) is 10.2 Å². The summed E-state index contributed by atoms with van der Waals surface area (Å²) in [5, 5.41) is 13.3. The summed E-state index contributed by atoms with van der Waals surface area (Å²) in [6, 6.07) is 12.6.